The lowest BCUT2D eigenvalue weighted by molar-refractivity contribution is -1.02. The van der Waals surface area contributed by atoms with Crippen molar-refractivity contribution in [1.29, 1.82) is 0 Å². The number of nitrogens with one attached hydrogen (secondary N) is 3. The van der Waals surface area contributed by atoms with Gasteiger partial charge in [0.2, 0.25) is 0 Å². The van der Waals surface area contributed by atoms with Crippen LogP contribution in [0.4, 0.5) is 0 Å². The van der Waals surface area contributed by atoms with Crippen LogP contribution in [-0.2, 0) is 0 Å². The molecule has 25 heavy (non-hydrogen) atoms. The molecule has 0 bridgehead atoms. The first-order valence-electron chi connectivity index (χ1n) is 8.80. The number of benzene rings is 1. The number of likely N-dealkylation sites (N-methyl/N-ethyl adjacent to an activating group) is 1. The van der Waals surface area contributed by atoms with E-state index in [2.05, 4.69) is 36.8 Å². The minimum absolute atomic E-state index is 0.0542. The zero-order chi connectivity index (χ0) is 17.8. The Kier molecular flexibility index (Phi) is 6.12. The molecule has 0 spiro atoms. The average Bonchev–Trinajstić information content (AvgIpc) is 3.11. The molecular formula is C19H26ClN3OS+2. The van der Waals surface area contributed by atoms with E-state index >= 15 is 0 Å². The monoisotopic (exact) mass is 379 g/mol. The molecule has 2 aromatic rings. The van der Waals surface area contributed by atoms with E-state index < -0.39 is 0 Å². The number of carbonyl (C=O) groups is 1. The van der Waals surface area contributed by atoms with Gasteiger partial charge in [0.15, 0.2) is 0 Å². The number of carbonyl (C=O) groups excluding carboxylic acids is 1. The normalized spacial score (nSPS) is 23.0. The van der Waals surface area contributed by atoms with Crippen LogP contribution in [0.25, 0.3) is 0 Å². The van der Waals surface area contributed by atoms with Crippen molar-refractivity contribution in [1.82, 2.24) is 5.32 Å². The number of amides is 1. The summed E-state index contributed by atoms with van der Waals surface area (Å²) in [6.07, 6.45) is 0. The SMILES string of the molecule is C[C@H](NC(=O)c1cccc(Cl)c1)[C@H](c1cccs1)[NH+]1CC[NH+](C)CC1. The quantitative estimate of drug-likeness (QED) is 0.702. The predicted molar refractivity (Wildman–Crippen MR) is 103 cm³/mol. The second-order valence-corrected chi connectivity index (χ2v) is 8.30. The molecule has 1 amide bonds. The molecule has 3 rings (SSSR count). The van der Waals surface area contributed by atoms with Gasteiger partial charge in [-0.2, -0.15) is 0 Å². The van der Waals surface area contributed by atoms with Gasteiger partial charge in [-0.3, -0.25) is 4.79 Å². The maximum atomic E-state index is 12.6. The molecule has 0 unspecified atom stereocenters. The third-order valence-corrected chi connectivity index (χ3v) is 6.17. The fourth-order valence-corrected chi connectivity index (χ4v) is 4.76. The number of rotatable bonds is 5. The fraction of sp³-hybridized carbons (Fsp3) is 0.421. The van der Waals surface area contributed by atoms with Crippen LogP contribution in [0.5, 0.6) is 0 Å². The van der Waals surface area contributed by atoms with Gasteiger partial charge in [0.1, 0.15) is 32.2 Å². The largest absolute Gasteiger partial charge is 0.343 e. The highest BCUT2D eigenvalue weighted by Crippen LogP contribution is 2.20. The van der Waals surface area contributed by atoms with Crippen LogP contribution >= 0.6 is 22.9 Å². The van der Waals surface area contributed by atoms with Gasteiger partial charge in [0, 0.05) is 10.6 Å². The molecule has 3 N–H and O–H groups in total. The van der Waals surface area contributed by atoms with Crippen molar-refractivity contribution in [2.75, 3.05) is 33.2 Å². The predicted octanol–water partition coefficient (Wildman–Crippen LogP) is 0.674. The van der Waals surface area contributed by atoms with Crippen LogP contribution in [0.2, 0.25) is 5.02 Å². The van der Waals surface area contributed by atoms with Crippen molar-refractivity contribution in [2.24, 2.45) is 0 Å². The van der Waals surface area contributed by atoms with Gasteiger partial charge in [-0.15, -0.1) is 11.3 Å². The number of hydrogen-bond acceptors (Lipinski definition) is 2. The summed E-state index contributed by atoms with van der Waals surface area (Å²) >= 11 is 7.80. The van der Waals surface area contributed by atoms with Crippen LogP contribution in [0, 0.1) is 0 Å². The minimum atomic E-state index is -0.0595. The van der Waals surface area contributed by atoms with Gasteiger partial charge in [-0.05, 0) is 36.6 Å². The Balaban J connectivity index is 1.75. The maximum absolute atomic E-state index is 12.6. The molecule has 1 aliphatic rings. The third-order valence-electron chi connectivity index (χ3n) is 4.98. The Hall–Kier alpha value is -1.40. The highest BCUT2D eigenvalue weighted by Gasteiger charge is 2.34. The number of quaternary nitrogens is 2. The van der Waals surface area contributed by atoms with Crippen molar-refractivity contribution in [3.8, 4) is 0 Å². The summed E-state index contributed by atoms with van der Waals surface area (Å²) in [5, 5.41) is 5.91. The van der Waals surface area contributed by atoms with Crippen molar-refractivity contribution in [2.45, 2.75) is 19.0 Å². The van der Waals surface area contributed by atoms with E-state index in [4.69, 9.17) is 11.6 Å². The molecule has 0 aliphatic carbocycles. The summed E-state index contributed by atoms with van der Waals surface area (Å²) in [5.41, 5.74) is 0.613. The van der Waals surface area contributed by atoms with E-state index in [-0.39, 0.29) is 18.0 Å². The Morgan fingerprint density at radius 3 is 2.60 bits per heavy atom. The molecule has 2 heterocycles. The van der Waals surface area contributed by atoms with Gasteiger partial charge in [0.25, 0.3) is 5.91 Å². The van der Waals surface area contributed by atoms with Gasteiger partial charge < -0.3 is 15.1 Å². The Morgan fingerprint density at radius 2 is 1.96 bits per heavy atom. The summed E-state index contributed by atoms with van der Waals surface area (Å²) in [5.74, 6) is -0.0595. The second kappa shape index (κ2) is 8.32. The molecular weight excluding hydrogens is 354 g/mol. The lowest BCUT2D eigenvalue weighted by Gasteiger charge is -2.36. The van der Waals surface area contributed by atoms with Crippen molar-refractivity contribution in [3.63, 3.8) is 0 Å². The maximum Gasteiger partial charge on any atom is 0.251 e. The first-order valence-corrected chi connectivity index (χ1v) is 10.1. The van der Waals surface area contributed by atoms with Crippen LogP contribution in [-0.4, -0.2) is 45.2 Å². The van der Waals surface area contributed by atoms with Crippen molar-refractivity contribution >= 4 is 28.8 Å². The van der Waals surface area contributed by atoms with Gasteiger partial charge in [0.05, 0.1) is 18.0 Å². The van der Waals surface area contributed by atoms with Gasteiger partial charge in [-0.25, -0.2) is 0 Å². The topological polar surface area (TPSA) is 38.0 Å². The van der Waals surface area contributed by atoms with E-state index in [9.17, 15) is 4.79 Å². The Labute approximate surface area is 158 Å². The lowest BCUT2D eigenvalue weighted by atomic mass is 10.0. The summed E-state index contributed by atoms with van der Waals surface area (Å²) in [6.45, 7) is 6.72. The Bertz CT molecular complexity index is 698. The zero-order valence-electron chi connectivity index (χ0n) is 14.7. The van der Waals surface area contributed by atoms with Gasteiger partial charge in [-0.1, -0.05) is 23.7 Å². The van der Waals surface area contributed by atoms with E-state index in [1.807, 2.05) is 6.07 Å². The van der Waals surface area contributed by atoms with Crippen LogP contribution in [0.15, 0.2) is 41.8 Å². The lowest BCUT2D eigenvalue weighted by Crippen LogP contribution is -3.27. The molecule has 0 saturated carbocycles. The number of hydrogen-bond donors (Lipinski definition) is 3. The Morgan fingerprint density at radius 1 is 1.20 bits per heavy atom. The molecule has 0 radical (unpaired) electrons. The second-order valence-electron chi connectivity index (χ2n) is 6.88. The molecule has 2 atom stereocenters. The van der Waals surface area contributed by atoms with Crippen molar-refractivity contribution in [3.05, 3.63) is 57.2 Å². The summed E-state index contributed by atoms with van der Waals surface area (Å²) in [4.78, 5) is 17.1. The van der Waals surface area contributed by atoms with E-state index in [0.717, 1.165) is 13.1 Å². The summed E-state index contributed by atoms with van der Waals surface area (Å²) < 4.78 is 0. The molecule has 6 heteroatoms. The minimum Gasteiger partial charge on any atom is -0.343 e. The summed E-state index contributed by atoms with van der Waals surface area (Å²) in [7, 11) is 2.25. The zero-order valence-corrected chi connectivity index (χ0v) is 16.3. The molecule has 1 aromatic carbocycles. The smallest absolute Gasteiger partial charge is 0.251 e. The molecule has 134 valence electrons. The molecule has 1 aliphatic heterocycles. The number of halogens is 1. The van der Waals surface area contributed by atoms with E-state index in [0.29, 0.717) is 10.6 Å². The number of piperazine rings is 1. The molecule has 4 nitrogen and oxygen atoms in total. The fourth-order valence-electron chi connectivity index (χ4n) is 3.58. The van der Waals surface area contributed by atoms with Crippen LogP contribution in [0.3, 0.4) is 0 Å². The van der Waals surface area contributed by atoms with E-state index in [1.54, 1.807) is 39.3 Å². The third kappa shape index (κ3) is 4.61. The standard InChI is InChI=1S/C19H24ClN3OS/c1-14(21-19(24)15-5-3-6-16(20)13-15)18(17-7-4-12-25-17)23-10-8-22(2)9-11-23/h3-7,12-14,18H,8-11H2,1-2H3,(H,21,24)/p+2/t14-,18+/m0/s1. The molecule has 1 aromatic heterocycles. The first-order chi connectivity index (χ1) is 12.0. The van der Waals surface area contributed by atoms with Crippen LogP contribution < -0.4 is 15.1 Å². The molecule has 1 fully saturated rings. The number of thiophene rings is 1. The van der Waals surface area contributed by atoms with Gasteiger partial charge >= 0.3 is 0 Å². The highest BCUT2D eigenvalue weighted by atomic mass is 35.5. The first kappa shape index (κ1) is 18.4. The molecule has 1 saturated heterocycles. The summed E-state index contributed by atoms with van der Waals surface area (Å²) in [6, 6.07) is 11.8. The van der Waals surface area contributed by atoms with E-state index in [1.165, 1.54) is 18.0 Å². The van der Waals surface area contributed by atoms with Crippen LogP contribution in [0.1, 0.15) is 28.2 Å². The highest BCUT2D eigenvalue weighted by molar-refractivity contribution is 7.10. The van der Waals surface area contributed by atoms with Crippen molar-refractivity contribution < 1.29 is 14.6 Å². The average molecular weight is 380 g/mol.